The van der Waals surface area contributed by atoms with Crippen LogP contribution in [0, 0.1) is 5.92 Å². The Labute approximate surface area is 132 Å². The van der Waals surface area contributed by atoms with E-state index in [1.807, 2.05) is 30.9 Å². The van der Waals surface area contributed by atoms with E-state index < -0.39 is 6.04 Å². The molecule has 1 aromatic carbocycles. The average Bonchev–Trinajstić information content (AvgIpc) is 2.54. The van der Waals surface area contributed by atoms with Crippen LogP contribution in [-0.4, -0.2) is 29.3 Å². The van der Waals surface area contributed by atoms with Crippen molar-refractivity contribution in [3.05, 3.63) is 35.4 Å². The maximum Gasteiger partial charge on any atom is 0.245 e. The number of amides is 2. The molecule has 0 fully saturated rings. The predicted octanol–water partition coefficient (Wildman–Crippen LogP) is 2.51. The summed E-state index contributed by atoms with van der Waals surface area (Å²) in [7, 11) is 0. The summed E-state index contributed by atoms with van der Waals surface area (Å²) >= 11 is 0. The van der Waals surface area contributed by atoms with Crippen LogP contribution in [0.15, 0.2) is 24.3 Å². The van der Waals surface area contributed by atoms with Crippen molar-refractivity contribution in [1.29, 1.82) is 0 Å². The number of hydrogen-bond donors (Lipinski definition) is 1. The van der Waals surface area contributed by atoms with Crippen LogP contribution >= 0.6 is 0 Å². The molecule has 4 nitrogen and oxygen atoms in total. The summed E-state index contributed by atoms with van der Waals surface area (Å²) in [5.41, 5.74) is 2.53. The molecule has 120 valence electrons. The number of nitrogens with one attached hydrogen (secondary N) is 1. The first-order valence-corrected chi connectivity index (χ1v) is 8.22. The van der Waals surface area contributed by atoms with E-state index in [1.165, 1.54) is 11.1 Å². The third-order valence-electron chi connectivity index (χ3n) is 4.53. The molecular weight excluding hydrogens is 276 g/mol. The fourth-order valence-corrected chi connectivity index (χ4v) is 3.01. The SMILES string of the molecule is CCC(CC)C(=O)N[C@@H](C)C(=O)N1CCc2ccccc2C1. The van der Waals surface area contributed by atoms with Crippen molar-refractivity contribution in [3.8, 4) is 0 Å². The molecule has 0 bridgehead atoms. The van der Waals surface area contributed by atoms with Crippen LogP contribution in [0.3, 0.4) is 0 Å². The number of benzene rings is 1. The standard InChI is InChI=1S/C18H26N2O2/c1-4-14(5-2)17(21)19-13(3)18(22)20-11-10-15-8-6-7-9-16(15)12-20/h6-9,13-14H,4-5,10-12H2,1-3H3,(H,19,21)/t13-/m0/s1. The highest BCUT2D eigenvalue weighted by Crippen LogP contribution is 2.19. The van der Waals surface area contributed by atoms with Crippen molar-refractivity contribution in [2.24, 2.45) is 5.92 Å². The lowest BCUT2D eigenvalue weighted by molar-refractivity contribution is -0.137. The van der Waals surface area contributed by atoms with E-state index in [0.717, 1.165) is 25.8 Å². The molecule has 0 aromatic heterocycles. The Morgan fingerprint density at radius 2 is 1.82 bits per heavy atom. The third-order valence-corrected chi connectivity index (χ3v) is 4.53. The fraction of sp³-hybridized carbons (Fsp3) is 0.556. The minimum absolute atomic E-state index is 0.00247. The van der Waals surface area contributed by atoms with Crippen molar-refractivity contribution in [2.45, 2.75) is 52.6 Å². The highest BCUT2D eigenvalue weighted by atomic mass is 16.2. The zero-order valence-electron chi connectivity index (χ0n) is 13.8. The molecule has 1 aliphatic rings. The summed E-state index contributed by atoms with van der Waals surface area (Å²) in [5.74, 6) is -0.00518. The van der Waals surface area contributed by atoms with Crippen LogP contribution < -0.4 is 5.32 Å². The molecule has 1 aromatic rings. The van der Waals surface area contributed by atoms with Gasteiger partial charge in [0.2, 0.25) is 11.8 Å². The maximum absolute atomic E-state index is 12.6. The monoisotopic (exact) mass is 302 g/mol. The summed E-state index contributed by atoms with van der Waals surface area (Å²) in [6, 6.07) is 7.77. The second-order valence-corrected chi connectivity index (χ2v) is 6.02. The summed E-state index contributed by atoms with van der Waals surface area (Å²) in [4.78, 5) is 26.5. The van der Waals surface area contributed by atoms with Gasteiger partial charge in [-0.3, -0.25) is 9.59 Å². The van der Waals surface area contributed by atoms with Gasteiger partial charge < -0.3 is 10.2 Å². The molecule has 1 aliphatic heterocycles. The second kappa shape index (κ2) is 7.43. The molecule has 0 aliphatic carbocycles. The molecule has 2 rings (SSSR count). The first-order valence-electron chi connectivity index (χ1n) is 8.22. The molecule has 0 saturated carbocycles. The number of hydrogen-bond acceptors (Lipinski definition) is 2. The van der Waals surface area contributed by atoms with E-state index in [-0.39, 0.29) is 17.7 Å². The number of carbonyl (C=O) groups excluding carboxylic acids is 2. The van der Waals surface area contributed by atoms with Crippen LogP contribution in [0.1, 0.15) is 44.7 Å². The summed E-state index contributed by atoms with van der Waals surface area (Å²) < 4.78 is 0. The normalized spacial score (nSPS) is 15.4. The molecular formula is C18H26N2O2. The fourth-order valence-electron chi connectivity index (χ4n) is 3.01. The lowest BCUT2D eigenvalue weighted by atomic mass is 9.99. The first-order chi connectivity index (χ1) is 10.6. The predicted molar refractivity (Wildman–Crippen MR) is 87.2 cm³/mol. The minimum Gasteiger partial charge on any atom is -0.344 e. The molecule has 1 heterocycles. The van der Waals surface area contributed by atoms with Crippen LogP contribution in [0.2, 0.25) is 0 Å². The molecule has 0 radical (unpaired) electrons. The zero-order chi connectivity index (χ0) is 16.1. The van der Waals surface area contributed by atoms with Gasteiger partial charge in [-0.1, -0.05) is 38.1 Å². The Kier molecular flexibility index (Phi) is 5.58. The first kappa shape index (κ1) is 16.5. The highest BCUT2D eigenvalue weighted by Gasteiger charge is 2.26. The van der Waals surface area contributed by atoms with E-state index >= 15 is 0 Å². The van der Waals surface area contributed by atoms with Gasteiger partial charge in [-0.25, -0.2) is 0 Å². The molecule has 2 amide bonds. The Balaban J connectivity index is 1.96. The quantitative estimate of drug-likeness (QED) is 0.908. The molecule has 0 spiro atoms. The lowest BCUT2D eigenvalue weighted by Crippen LogP contribution is -2.49. The van der Waals surface area contributed by atoms with Crippen molar-refractivity contribution >= 4 is 11.8 Å². The van der Waals surface area contributed by atoms with Gasteiger partial charge in [0.05, 0.1) is 0 Å². The van der Waals surface area contributed by atoms with Crippen LogP contribution in [0.4, 0.5) is 0 Å². The van der Waals surface area contributed by atoms with Crippen molar-refractivity contribution in [1.82, 2.24) is 10.2 Å². The van der Waals surface area contributed by atoms with Gasteiger partial charge in [0.25, 0.3) is 0 Å². The highest BCUT2D eigenvalue weighted by molar-refractivity contribution is 5.88. The van der Waals surface area contributed by atoms with Gasteiger partial charge in [0.1, 0.15) is 6.04 Å². The van der Waals surface area contributed by atoms with E-state index in [0.29, 0.717) is 6.54 Å². The number of nitrogens with zero attached hydrogens (tertiary/aromatic N) is 1. The van der Waals surface area contributed by atoms with Gasteiger partial charge in [-0.2, -0.15) is 0 Å². The second-order valence-electron chi connectivity index (χ2n) is 6.02. The van der Waals surface area contributed by atoms with Gasteiger partial charge in [-0.05, 0) is 37.3 Å². The van der Waals surface area contributed by atoms with Gasteiger partial charge >= 0.3 is 0 Å². The molecule has 1 N–H and O–H groups in total. The van der Waals surface area contributed by atoms with Crippen LogP contribution in [0.5, 0.6) is 0 Å². The summed E-state index contributed by atoms with van der Waals surface area (Å²) in [5, 5.41) is 2.87. The minimum atomic E-state index is -0.460. The molecule has 1 atom stereocenters. The average molecular weight is 302 g/mol. The zero-order valence-corrected chi connectivity index (χ0v) is 13.8. The van der Waals surface area contributed by atoms with Crippen LogP contribution in [0.25, 0.3) is 0 Å². The topological polar surface area (TPSA) is 49.4 Å². The summed E-state index contributed by atoms with van der Waals surface area (Å²) in [6.07, 6.45) is 2.50. The van der Waals surface area contributed by atoms with E-state index in [2.05, 4.69) is 17.4 Å². The van der Waals surface area contributed by atoms with Gasteiger partial charge in [-0.15, -0.1) is 0 Å². The van der Waals surface area contributed by atoms with Gasteiger partial charge in [0, 0.05) is 19.0 Å². The Bertz CT molecular complexity index is 538. The molecule has 4 heteroatoms. The smallest absolute Gasteiger partial charge is 0.245 e. The van der Waals surface area contributed by atoms with Crippen molar-refractivity contribution in [2.75, 3.05) is 6.54 Å². The molecule has 0 unspecified atom stereocenters. The summed E-state index contributed by atoms with van der Waals surface area (Å²) in [6.45, 7) is 7.15. The molecule has 0 saturated heterocycles. The third kappa shape index (κ3) is 3.67. The Morgan fingerprint density at radius 3 is 2.45 bits per heavy atom. The van der Waals surface area contributed by atoms with E-state index in [9.17, 15) is 9.59 Å². The number of rotatable bonds is 5. The Morgan fingerprint density at radius 1 is 1.18 bits per heavy atom. The molecule has 22 heavy (non-hydrogen) atoms. The number of fused-ring (bicyclic) bond motifs is 1. The Hall–Kier alpha value is -1.84. The van der Waals surface area contributed by atoms with Crippen LogP contribution in [-0.2, 0) is 22.6 Å². The maximum atomic E-state index is 12.6. The number of carbonyl (C=O) groups is 2. The van der Waals surface area contributed by atoms with Gasteiger partial charge in [0.15, 0.2) is 0 Å². The van der Waals surface area contributed by atoms with Crippen molar-refractivity contribution in [3.63, 3.8) is 0 Å². The van der Waals surface area contributed by atoms with Crippen molar-refractivity contribution < 1.29 is 9.59 Å². The largest absolute Gasteiger partial charge is 0.344 e. The van der Waals surface area contributed by atoms with E-state index in [1.54, 1.807) is 6.92 Å². The van der Waals surface area contributed by atoms with E-state index in [4.69, 9.17) is 0 Å². The lowest BCUT2D eigenvalue weighted by Gasteiger charge is -2.31.